The Hall–Kier alpha value is -2.44. The van der Waals surface area contributed by atoms with E-state index in [2.05, 4.69) is 30.3 Å². The van der Waals surface area contributed by atoms with Crippen LogP contribution in [-0.2, 0) is 4.74 Å². The summed E-state index contributed by atoms with van der Waals surface area (Å²) in [6.45, 7) is 2.54. The molecule has 6 nitrogen and oxygen atoms in total. The fraction of sp³-hybridized carbons (Fsp3) is 0.458. The highest BCUT2D eigenvalue weighted by atomic mass is 35.5. The standard InChI is InChI=1S/C24H31NO5.ClH/c1-27-21-16-19(17-22(28-2)23(21)29-3)24(26)30-15-9-14-25-13-8-7-12-20(25)18-10-5-4-6-11-18;/h4-6,10-11,16-17,20H,7-9,12-15H2,1-3H3;1H. The van der Waals surface area contributed by atoms with Gasteiger partial charge in [-0.15, -0.1) is 0 Å². The number of ether oxygens (including phenoxy) is 4. The zero-order valence-corrected chi connectivity index (χ0v) is 19.2. The van der Waals surface area contributed by atoms with E-state index in [-0.39, 0.29) is 18.4 Å². The van der Waals surface area contributed by atoms with E-state index in [4.69, 9.17) is 18.9 Å². The lowest BCUT2D eigenvalue weighted by Crippen LogP contribution is -3.13. The van der Waals surface area contributed by atoms with Crippen LogP contribution in [0.5, 0.6) is 17.2 Å². The number of hydrogen-bond acceptors (Lipinski definition) is 5. The van der Waals surface area contributed by atoms with Gasteiger partial charge in [-0.05, 0) is 25.0 Å². The number of nitrogens with one attached hydrogen (secondary N) is 1. The van der Waals surface area contributed by atoms with Gasteiger partial charge in [0.25, 0.3) is 0 Å². The van der Waals surface area contributed by atoms with E-state index in [0.29, 0.717) is 35.5 Å². The van der Waals surface area contributed by atoms with Gasteiger partial charge in [-0.2, -0.15) is 0 Å². The summed E-state index contributed by atoms with van der Waals surface area (Å²) in [5.41, 5.74) is 1.79. The molecule has 2 aromatic carbocycles. The summed E-state index contributed by atoms with van der Waals surface area (Å²) in [4.78, 5) is 14.1. The van der Waals surface area contributed by atoms with Gasteiger partial charge in [0.05, 0.1) is 46.6 Å². The van der Waals surface area contributed by atoms with Crippen molar-refractivity contribution in [2.24, 2.45) is 0 Å². The van der Waals surface area contributed by atoms with Gasteiger partial charge in [-0.1, -0.05) is 30.3 Å². The summed E-state index contributed by atoms with van der Waals surface area (Å²) >= 11 is 0. The average molecular weight is 450 g/mol. The Kier molecular flexibility index (Phi) is 9.95. The van der Waals surface area contributed by atoms with Gasteiger partial charge >= 0.3 is 5.97 Å². The maximum absolute atomic E-state index is 12.5. The minimum atomic E-state index is -0.387. The normalized spacial score (nSPS) is 17.9. The van der Waals surface area contributed by atoms with E-state index in [1.165, 1.54) is 52.7 Å². The van der Waals surface area contributed by atoms with E-state index in [0.717, 1.165) is 13.0 Å². The van der Waals surface area contributed by atoms with Gasteiger partial charge in [0, 0.05) is 18.4 Å². The molecule has 2 unspecified atom stereocenters. The number of halogens is 1. The molecule has 2 atom stereocenters. The molecule has 0 bridgehead atoms. The fourth-order valence-corrected chi connectivity index (χ4v) is 4.21. The Morgan fingerprint density at radius 3 is 2.29 bits per heavy atom. The predicted octanol–water partition coefficient (Wildman–Crippen LogP) is 0.0734. The summed E-state index contributed by atoms with van der Waals surface area (Å²) in [6, 6.07) is 14.5. The second-order valence-corrected chi connectivity index (χ2v) is 7.52. The van der Waals surface area contributed by atoms with E-state index < -0.39 is 0 Å². The molecular formula is C24H32ClNO5. The SMILES string of the molecule is COc1cc(C(=O)OCCC[NH+]2CCCCC2c2ccccc2)cc(OC)c1OC.[Cl-]. The molecule has 0 amide bonds. The molecule has 170 valence electrons. The molecule has 0 spiro atoms. The monoisotopic (exact) mass is 449 g/mol. The fourth-order valence-electron chi connectivity index (χ4n) is 4.21. The highest BCUT2D eigenvalue weighted by Crippen LogP contribution is 2.38. The zero-order chi connectivity index (χ0) is 21.3. The molecule has 31 heavy (non-hydrogen) atoms. The third-order valence-electron chi connectivity index (χ3n) is 5.71. The van der Waals surface area contributed by atoms with Gasteiger partial charge in [0.2, 0.25) is 5.75 Å². The number of carbonyl (C=O) groups excluding carboxylic acids is 1. The van der Waals surface area contributed by atoms with Gasteiger partial charge in [0.1, 0.15) is 6.04 Å². The molecule has 0 aromatic heterocycles. The number of carbonyl (C=O) groups is 1. The molecule has 1 aliphatic rings. The molecule has 0 aliphatic carbocycles. The van der Waals surface area contributed by atoms with E-state index in [1.54, 1.807) is 17.0 Å². The van der Waals surface area contributed by atoms with Crippen LogP contribution in [0.4, 0.5) is 0 Å². The molecular weight excluding hydrogens is 418 g/mol. The van der Waals surface area contributed by atoms with Crippen LogP contribution in [0.1, 0.15) is 47.6 Å². The number of rotatable bonds is 9. The van der Waals surface area contributed by atoms with Crippen molar-refractivity contribution in [1.29, 1.82) is 0 Å². The highest BCUT2D eigenvalue weighted by Gasteiger charge is 2.27. The van der Waals surface area contributed by atoms with Crippen molar-refractivity contribution in [3.05, 3.63) is 53.6 Å². The third-order valence-corrected chi connectivity index (χ3v) is 5.71. The molecule has 1 N–H and O–H groups in total. The molecule has 3 rings (SSSR count). The van der Waals surface area contributed by atoms with Gasteiger partial charge in [0.15, 0.2) is 11.5 Å². The molecule has 1 aliphatic heterocycles. The van der Waals surface area contributed by atoms with Crippen molar-refractivity contribution >= 4 is 5.97 Å². The topological polar surface area (TPSA) is 58.4 Å². The molecule has 0 radical (unpaired) electrons. The predicted molar refractivity (Wildman–Crippen MR) is 115 cm³/mol. The quantitative estimate of drug-likeness (QED) is 0.434. The Labute approximate surface area is 190 Å². The second kappa shape index (κ2) is 12.4. The van der Waals surface area contributed by atoms with Crippen molar-refractivity contribution in [3.63, 3.8) is 0 Å². The Morgan fingerprint density at radius 2 is 1.68 bits per heavy atom. The molecule has 1 heterocycles. The minimum Gasteiger partial charge on any atom is -1.00 e. The van der Waals surface area contributed by atoms with E-state index in [9.17, 15) is 4.79 Å². The Bertz CT molecular complexity index is 805. The summed E-state index contributed by atoms with van der Waals surface area (Å²) in [5, 5.41) is 0. The van der Waals surface area contributed by atoms with Crippen LogP contribution in [0.2, 0.25) is 0 Å². The first-order valence-corrected chi connectivity index (χ1v) is 10.5. The summed E-state index contributed by atoms with van der Waals surface area (Å²) in [5.74, 6) is 0.944. The zero-order valence-electron chi connectivity index (χ0n) is 18.5. The largest absolute Gasteiger partial charge is 1.00 e. The van der Waals surface area contributed by atoms with Crippen LogP contribution in [0.15, 0.2) is 42.5 Å². The van der Waals surface area contributed by atoms with Crippen molar-refractivity contribution in [3.8, 4) is 17.2 Å². The first-order valence-electron chi connectivity index (χ1n) is 10.5. The number of hydrogen-bond donors (Lipinski definition) is 1. The van der Waals surface area contributed by atoms with Crippen molar-refractivity contribution < 1.29 is 41.0 Å². The first-order chi connectivity index (χ1) is 14.7. The summed E-state index contributed by atoms with van der Waals surface area (Å²) in [6.07, 6.45) is 4.57. The summed E-state index contributed by atoms with van der Waals surface area (Å²) < 4.78 is 21.5. The molecule has 0 saturated carbocycles. The van der Waals surface area contributed by atoms with Gasteiger partial charge in [-0.25, -0.2) is 4.79 Å². The van der Waals surface area contributed by atoms with Crippen LogP contribution in [0.25, 0.3) is 0 Å². The Morgan fingerprint density at radius 1 is 1.00 bits per heavy atom. The van der Waals surface area contributed by atoms with Gasteiger partial charge < -0.3 is 36.3 Å². The van der Waals surface area contributed by atoms with Gasteiger partial charge in [-0.3, -0.25) is 0 Å². The number of esters is 1. The molecule has 7 heteroatoms. The molecule has 1 fully saturated rings. The lowest BCUT2D eigenvalue weighted by atomic mass is 9.95. The van der Waals surface area contributed by atoms with E-state index in [1.807, 2.05) is 0 Å². The number of quaternary nitrogens is 1. The second-order valence-electron chi connectivity index (χ2n) is 7.52. The average Bonchev–Trinajstić information content (AvgIpc) is 2.81. The van der Waals surface area contributed by atoms with Crippen molar-refractivity contribution in [2.75, 3.05) is 41.0 Å². The smallest absolute Gasteiger partial charge is 0.338 e. The summed E-state index contributed by atoms with van der Waals surface area (Å²) in [7, 11) is 4.58. The molecule has 1 saturated heterocycles. The number of likely N-dealkylation sites (tertiary alicyclic amines) is 1. The maximum atomic E-state index is 12.5. The van der Waals surface area contributed by atoms with Crippen LogP contribution in [-0.4, -0.2) is 47.0 Å². The first kappa shape index (κ1) is 24.8. The third kappa shape index (κ3) is 6.28. The van der Waals surface area contributed by atoms with Crippen LogP contribution < -0.4 is 31.5 Å². The lowest BCUT2D eigenvalue weighted by Gasteiger charge is -2.33. The minimum absolute atomic E-state index is 0. The van der Waals surface area contributed by atoms with Crippen LogP contribution in [0, 0.1) is 0 Å². The number of piperidine rings is 1. The van der Waals surface area contributed by atoms with Crippen molar-refractivity contribution in [1.82, 2.24) is 0 Å². The Balaban J connectivity index is 0.00000341. The maximum Gasteiger partial charge on any atom is 0.338 e. The number of methoxy groups -OCH3 is 3. The number of benzene rings is 2. The lowest BCUT2D eigenvalue weighted by molar-refractivity contribution is -0.937. The molecule has 2 aromatic rings. The van der Waals surface area contributed by atoms with Crippen LogP contribution in [0.3, 0.4) is 0 Å². The highest BCUT2D eigenvalue weighted by molar-refractivity contribution is 5.91. The van der Waals surface area contributed by atoms with Crippen molar-refractivity contribution in [2.45, 2.75) is 31.7 Å². The van der Waals surface area contributed by atoms with E-state index >= 15 is 0 Å². The van der Waals surface area contributed by atoms with Crippen LogP contribution >= 0.6 is 0 Å².